The molecule has 1 aromatic heterocycles. The van der Waals surface area contributed by atoms with Crippen molar-refractivity contribution in [2.75, 3.05) is 7.11 Å². The maximum Gasteiger partial charge on any atom is 0.209 e. The number of Topliss-reactive ketones (excluding diaryl/α,β-unsaturated/α-hetero) is 1. The fraction of sp³-hybridized carbons (Fsp3) is 0.120. The van der Waals surface area contributed by atoms with E-state index in [1.807, 2.05) is 19.1 Å². The highest BCUT2D eigenvalue weighted by Crippen LogP contribution is 2.45. The summed E-state index contributed by atoms with van der Waals surface area (Å²) in [5.74, 6) is -0.00338. The van der Waals surface area contributed by atoms with Gasteiger partial charge < -0.3 is 4.74 Å². The van der Waals surface area contributed by atoms with E-state index in [2.05, 4.69) is 0 Å². The lowest BCUT2D eigenvalue weighted by atomic mass is 10.0. The minimum Gasteiger partial charge on any atom is -0.497 e. The van der Waals surface area contributed by atoms with Gasteiger partial charge in [0, 0.05) is 28.2 Å². The van der Waals surface area contributed by atoms with Crippen LogP contribution in [0.5, 0.6) is 5.75 Å². The topological polar surface area (TPSA) is 48.3 Å². The van der Waals surface area contributed by atoms with E-state index in [-0.39, 0.29) is 49.6 Å². The van der Waals surface area contributed by atoms with Gasteiger partial charge in [0.1, 0.15) is 10.9 Å². The first-order valence-corrected chi connectivity index (χ1v) is 11.4. The molecule has 0 amide bonds. The predicted octanol–water partition coefficient (Wildman–Crippen LogP) is 7.53. The van der Waals surface area contributed by atoms with Crippen LogP contribution in [0.25, 0.3) is 5.70 Å². The van der Waals surface area contributed by atoms with E-state index in [9.17, 15) is 9.59 Å². The summed E-state index contributed by atoms with van der Waals surface area (Å²) in [5, 5.41) is 0.633. The number of carbonyl (C=O) groups excluding carboxylic acids is 2. The van der Waals surface area contributed by atoms with Crippen molar-refractivity contribution in [1.29, 1.82) is 0 Å². The smallest absolute Gasteiger partial charge is 0.209 e. The van der Waals surface area contributed by atoms with Crippen LogP contribution in [0.2, 0.25) is 10.2 Å². The standard InChI is InChI=1S/C25H17Cl4NO3/c1-13-3-5-14(6-4-13)23(31)17-11-18(26)21(28)22(17)30-20(12-19(27)25(30)29)24(32)15-7-9-16(33-2)10-8-15/h3-10,12H,11H2,1-2H3. The van der Waals surface area contributed by atoms with E-state index in [1.54, 1.807) is 43.5 Å². The minimum absolute atomic E-state index is 0.0576. The number of aryl methyl sites for hydroxylation is 1. The third kappa shape index (κ3) is 4.36. The summed E-state index contributed by atoms with van der Waals surface area (Å²) < 4.78 is 6.56. The second-order valence-electron chi connectivity index (χ2n) is 7.48. The molecule has 4 nitrogen and oxygen atoms in total. The van der Waals surface area contributed by atoms with E-state index < -0.39 is 0 Å². The summed E-state index contributed by atoms with van der Waals surface area (Å²) in [7, 11) is 1.54. The number of rotatable bonds is 6. The van der Waals surface area contributed by atoms with Gasteiger partial charge in [0.05, 0.1) is 28.6 Å². The van der Waals surface area contributed by atoms with E-state index in [0.29, 0.717) is 22.4 Å². The van der Waals surface area contributed by atoms with Crippen molar-refractivity contribution in [2.45, 2.75) is 13.3 Å². The SMILES string of the molecule is COc1ccc(C(=O)c2cc(Cl)c(Cl)n2C2=C(C(=O)c3ccc(C)cc3)CC(Cl)=C2Cl)cc1. The average Bonchev–Trinajstić information content (AvgIpc) is 3.28. The number of hydrogen-bond acceptors (Lipinski definition) is 3. The molecule has 1 heterocycles. The zero-order valence-electron chi connectivity index (χ0n) is 17.6. The summed E-state index contributed by atoms with van der Waals surface area (Å²) in [5.41, 5.74) is 2.62. The first kappa shape index (κ1) is 23.7. The fourth-order valence-electron chi connectivity index (χ4n) is 3.61. The molecule has 2 aromatic carbocycles. The summed E-state index contributed by atoms with van der Waals surface area (Å²) in [4.78, 5) is 26.8. The molecule has 0 saturated heterocycles. The normalized spacial score (nSPS) is 13.6. The first-order chi connectivity index (χ1) is 15.7. The van der Waals surface area contributed by atoms with Crippen molar-refractivity contribution in [3.8, 4) is 5.75 Å². The number of carbonyl (C=O) groups is 2. The van der Waals surface area contributed by atoms with Crippen LogP contribution in [0.15, 0.2) is 70.2 Å². The molecule has 3 aromatic rings. The Morgan fingerprint density at radius 1 is 0.879 bits per heavy atom. The Labute approximate surface area is 211 Å². The largest absolute Gasteiger partial charge is 0.497 e. The molecule has 0 aliphatic heterocycles. The van der Waals surface area contributed by atoms with Crippen LogP contribution in [0.4, 0.5) is 0 Å². The molecule has 0 radical (unpaired) electrons. The monoisotopic (exact) mass is 519 g/mol. The molecule has 8 heteroatoms. The van der Waals surface area contributed by atoms with Gasteiger partial charge in [-0.1, -0.05) is 76.2 Å². The van der Waals surface area contributed by atoms with Crippen LogP contribution >= 0.6 is 46.4 Å². The quantitative estimate of drug-likeness (QED) is 0.315. The van der Waals surface area contributed by atoms with Crippen molar-refractivity contribution in [1.82, 2.24) is 4.57 Å². The third-order valence-electron chi connectivity index (χ3n) is 5.36. The van der Waals surface area contributed by atoms with E-state index >= 15 is 0 Å². The second kappa shape index (κ2) is 9.40. The Balaban J connectivity index is 1.88. The molecule has 0 bridgehead atoms. The number of hydrogen-bond donors (Lipinski definition) is 0. The summed E-state index contributed by atoms with van der Waals surface area (Å²) in [6.45, 7) is 1.93. The molecular formula is C25H17Cl4NO3. The van der Waals surface area contributed by atoms with Gasteiger partial charge in [0.15, 0.2) is 5.78 Å². The minimum atomic E-state index is -0.353. The first-order valence-electron chi connectivity index (χ1n) is 9.87. The van der Waals surface area contributed by atoms with Crippen LogP contribution in [0.3, 0.4) is 0 Å². The van der Waals surface area contributed by atoms with E-state index in [1.165, 1.54) is 10.6 Å². The maximum absolute atomic E-state index is 13.4. The van der Waals surface area contributed by atoms with Gasteiger partial charge in [0.25, 0.3) is 0 Å². The highest BCUT2D eigenvalue weighted by molar-refractivity contribution is 6.47. The number of ketones is 2. The van der Waals surface area contributed by atoms with Crippen molar-refractivity contribution in [3.05, 3.63) is 103 Å². The van der Waals surface area contributed by atoms with Crippen LogP contribution in [0.1, 0.15) is 38.4 Å². The molecule has 0 saturated carbocycles. The Bertz CT molecular complexity index is 1330. The summed E-state index contributed by atoms with van der Waals surface area (Å²) in [6, 6.07) is 15.2. The van der Waals surface area contributed by atoms with Crippen LogP contribution < -0.4 is 4.74 Å². The zero-order chi connectivity index (χ0) is 23.9. The number of aromatic nitrogens is 1. The third-order valence-corrected chi connectivity index (χ3v) is 6.94. The predicted molar refractivity (Wildman–Crippen MR) is 133 cm³/mol. The summed E-state index contributed by atoms with van der Waals surface area (Å²) >= 11 is 25.7. The molecule has 1 aliphatic rings. The van der Waals surface area contributed by atoms with Gasteiger partial charge >= 0.3 is 0 Å². The van der Waals surface area contributed by atoms with Gasteiger partial charge in [-0.25, -0.2) is 0 Å². The number of ether oxygens (including phenoxy) is 1. The van der Waals surface area contributed by atoms with Crippen LogP contribution in [-0.4, -0.2) is 23.2 Å². The number of allylic oxidation sites excluding steroid dienone is 4. The van der Waals surface area contributed by atoms with Gasteiger partial charge in [-0.05, 0) is 37.3 Å². The Morgan fingerprint density at radius 3 is 2.06 bits per heavy atom. The maximum atomic E-state index is 13.4. The molecule has 1 aliphatic carbocycles. The fourth-order valence-corrected chi connectivity index (χ4v) is 4.52. The number of nitrogens with zero attached hydrogens (tertiary/aromatic N) is 1. The van der Waals surface area contributed by atoms with Crippen molar-refractivity contribution in [3.63, 3.8) is 0 Å². The molecule has 0 unspecified atom stereocenters. The van der Waals surface area contributed by atoms with Crippen molar-refractivity contribution >= 4 is 63.7 Å². The number of benzene rings is 2. The Morgan fingerprint density at radius 2 is 1.45 bits per heavy atom. The molecule has 4 rings (SSSR count). The van der Waals surface area contributed by atoms with Gasteiger partial charge in [-0.3, -0.25) is 14.2 Å². The molecule has 0 fully saturated rings. The average molecular weight is 521 g/mol. The second-order valence-corrected chi connectivity index (χ2v) is 9.08. The molecular weight excluding hydrogens is 504 g/mol. The Kier molecular flexibility index (Phi) is 6.73. The lowest BCUT2D eigenvalue weighted by molar-refractivity contribution is 0.102. The van der Waals surface area contributed by atoms with Crippen LogP contribution in [0, 0.1) is 6.92 Å². The van der Waals surface area contributed by atoms with Gasteiger partial charge in [0.2, 0.25) is 5.78 Å². The Hall–Kier alpha value is -2.50. The van der Waals surface area contributed by atoms with Crippen molar-refractivity contribution in [2.24, 2.45) is 0 Å². The van der Waals surface area contributed by atoms with Gasteiger partial charge in [-0.2, -0.15) is 0 Å². The van der Waals surface area contributed by atoms with E-state index in [0.717, 1.165) is 5.56 Å². The van der Waals surface area contributed by atoms with Gasteiger partial charge in [-0.15, -0.1) is 0 Å². The molecule has 0 N–H and O–H groups in total. The number of methoxy groups -OCH3 is 1. The molecule has 33 heavy (non-hydrogen) atoms. The zero-order valence-corrected chi connectivity index (χ0v) is 20.6. The highest BCUT2D eigenvalue weighted by Gasteiger charge is 2.33. The van der Waals surface area contributed by atoms with Crippen LogP contribution in [-0.2, 0) is 0 Å². The molecule has 0 atom stereocenters. The number of halogens is 4. The highest BCUT2D eigenvalue weighted by atomic mass is 35.5. The summed E-state index contributed by atoms with van der Waals surface area (Å²) in [6.07, 6.45) is 0.116. The lowest BCUT2D eigenvalue weighted by Crippen LogP contribution is -2.13. The molecule has 0 spiro atoms. The van der Waals surface area contributed by atoms with Crippen molar-refractivity contribution < 1.29 is 14.3 Å². The van der Waals surface area contributed by atoms with E-state index in [4.69, 9.17) is 51.1 Å². The lowest BCUT2D eigenvalue weighted by Gasteiger charge is -2.15. The molecule has 168 valence electrons.